The fourth-order valence-electron chi connectivity index (χ4n) is 2.52. The Kier molecular flexibility index (Phi) is 3.16. The zero-order chi connectivity index (χ0) is 14.1. The van der Waals surface area contributed by atoms with Gasteiger partial charge in [0, 0.05) is 29.2 Å². The van der Waals surface area contributed by atoms with E-state index >= 15 is 0 Å². The van der Waals surface area contributed by atoms with Crippen LogP contribution >= 0.6 is 0 Å². The minimum Gasteiger partial charge on any atom is -0.378 e. The molecule has 0 bridgehead atoms. The van der Waals surface area contributed by atoms with Gasteiger partial charge in [0.25, 0.3) is 5.91 Å². The van der Waals surface area contributed by atoms with Crippen LogP contribution in [0.4, 0.5) is 17.1 Å². The van der Waals surface area contributed by atoms with Crippen molar-refractivity contribution in [2.24, 2.45) is 0 Å². The van der Waals surface area contributed by atoms with Gasteiger partial charge in [0.2, 0.25) is 0 Å². The number of nitrogens with zero attached hydrogens (tertiary/aromatic N) is 1. The van der Waals surface area contributed by atoms with Crippen molar-refractivity contribution >= 4 is 23.0 Å². The summed E-state index contributed by atoms with van der Waals surface area (Å²) in [4.78, 5) is 13.6. The molecule has 102 valence electrons. The molecule has 0 saturated heterocycles. The molecule has 1 amide bonds. The first-order valence-electron chi connectivity index (χ1n) is 6.66. The van der Waals surface area contributed by atoms with Crippen LogP contribution in [0.15, 0.2) is 48.5 Å². The van der Waals surface area contributed by atoms with Crippen LogP contribution in [-0.2, 0) is 4.79 Å². The Balaban J connectivity index is 1.99. The molecule has 4 nitrogen and oxygen atoms in total. The van der Waals surface area contributed by atoms with Crippen molar-refractivity contribution in [2.75, 3.05) is 16.8 Å². The molecule has 0 saturated carbocycles. The van der Waals surface area contributed by atoms with E-state index < -0.39 is 6.10 Å². The maximum Gasteiger partial charge on any atom is 0.257 e. The lowest BCUT2D eigenvalue weighted by molar-refractivity contribution is -0.123. The summed E-state index contributed by atoms with van der Waals surface area (Å²) in [5.41, 5.74) is 3.42. The second kappa shape index (κ2) is 4.98. The molecule has 20 heavy (non-hydrogen) atoms. The number of para-hydroxylation sites is 1. The molecule has 2 aromatic carbocycles. The van der Waals surface area contributed by atoms with Crippen molar-refractivity contribution in [1.29, 1.82) is 0 Å². The van der Waals surface area contributed by atoms with E-state index in [0.29, 0.717) is 11.3 Å². The van der Waals surface area contributed by atoms with Gasteiger partial charge in [-0.1, -0.05) is 24.3 Å². The SMILES string of the molecule is CCN(c1ccccc1)c1ccc2c(c1)NC(=O)C2O. The Morgan fingerprint density at radius 2 is 1.90 bits per heavy atom. The third kappa shape index (κ3) is 2.04. The molecule has 0 aliphatic carbocycles. The van der Waals surface area contributed by atoms with Crippen LogP contribution in [0.1, 0.15) is 18.6 Å². The third-order valence-corrected chi connectivity index (χ3v) is 3.53. The topological polar surface area (TPSA) is 52.6 Å². The molecule has 1 unspecified atom stereocenters. The third-order valence-electron chi connectivity index (χ3n) is 3.53. The fourth-order valence-corrected chi connectivity index (χ4v) is 2.52. The van der Waals surface area contributed by atoms with E-state index in [2.05, 4.69) is 17.1 Å². The molecule has 1 atom stereocenters. The monoisotopic (exact) mass is 268 g/mol. The number of amides is 1. The predicted molar refractivity (Wildman–Crippen MR) is 79.2 cm³/mol. The van der Waals surface area contributed by atoms with Gasteiger partial charge in [0.15, 0.2) is 6.10 Å². The normalized spacial score (nSPS) is 16.7. The van der Waals surface area contributed by atoms with E-state index in [9.17, 15) is 9.90 Å². The lowest BCUT2D eigenvalue weighted by atomic mass is 10.1. The first-order valence-corrected chi connectivity index (χ1v) is 6.66. The number of aliphatic hydroxyl groups excluding tert-OH is 1. The van der Waals surface area contributed by atoms with E-state index in [1.54, 1.807) is 6.07 Å². The van der Waals surface area contributed by atoms with Crippen LogP contribution in [0, 0.1) is 0 Å². The molecule has 0 fully saturated rings. The number of carbonyl (C=O) groups is 1. The molecular formula is C16H16N2O2. The summed E-state index contributed by atoms with van der Waals surface area (Å²) in [6, 6.07) is 15.7. The van der Waals surface area contributed by atoms with E-state index in [1.807, 2.05) is 42.5 Å². The molecular weight excluding hydrogens is 252 g/mol. The second-order valence-corrected chi connectivity index (χ2v) is 4.74. The highest BCUT2D eigenvalue weighted by atomic mass is 16.3. The summed E-state index contributed by atoms with van der Waals surface area (Å²) in [7, 11) is 0. The molecule has 4 heteroatoms. The summed E-state index contributed by atoms with van der Waals surface area (Å²) >= 11 is 0. The molecule has 1 aliphatic rings. The molecule has 2 N–H and O–H groups in total. The number of hydrogen-bond donors (Lipinski definition) is 2. The number of aliphatic hydroxyl groups is 1. The van der Waals surface area contributed by atoms with E-state index in [0.717, 1.165) is 17.9 Å². The summed E-state index contributed by atoms with van der Waals surface area (Å²) in [6.07, 6.45) is -1.05. The smallest absolute Gasteiger partial charge is 0.257 e. The Bertz CT molecular complexity index is 640. The fraction of sp³-hybridized carbons (Fsp3) is 0.188. The first kappa shape index (κ1) is 12.7. The highest BCUT2D eigenvalue weighted by molar-refractivity contribution is 6.02. The number of hydrogen-bond acceptors (Lipinski definition) is 3. The zero-order valence-electron chi connectivity index (χ0n) is 11.2. The van der Waals surface area contributed by atoms with Gasteiger partial charge in [0.1, 0.15) is 0 Å². The Morgan fingerprint density at radius 1 is 1.15 bits per heavy atom. The molecule has 1 heterocycles. The largest absolute Gasteiger partial charge is 0.378 e. The predicted octanol–water partition coefficient (Wildman–Crippen LogP) is 2.83. The average Bonchev–Trinajstić information content (AvgIpc) is 2.76. The Hall–Kier alpha value is -2.33. The van der Waals surface area contributed by atoms with Crippen LogP contribution in [0.25, 0.3) is 0 Å². The van der Waals surface area contributed by atoms with Gasteiger partial charge in [-0.05, 0) is 31.2 Å². The zero-order valence-corrected chi connectivity index (χ0v) is 11.2. The summed E-state index contributed by atoms with van der Waals surface area (Å²) in [5, 5.41) is 12.4. The van der Waals surface area contributed by atoms with Crippen molar-refractivity contribution in [1.82, 2.24) is 0 Å². The van der Waals surface area contributed by atoms with Crippen molar-refractivity contribution in [3.8, 4) is 0 Å². The maximum atomic E-state index is 11.5. The minimum atomic E-state index is -1.05. The Labute approximate surface area is 117 Å². The van der Waals surface area contributed by atoms with Crippen LogP contribution in [0.3, 0.4) is 0 Å². The van der Waals surface area contributed by atoms with E-state index in [4.69, 9.17) is 0 Å². The lowest BCUT2D eigenvalue weighted by Gasteiger charge is -2.23. The highest BCUT2D eigenvalue weighted by Crippen LogP contribution is 2.35. The van der Waals surface area contributed by atoms with Gasteiger partial charge in [-0.2, -0.15) is 0 Å². The van der Waals surface area contributed by atoms with Crippen molar-refractivity contribution < 1.29 is 9.90 Å². The van der Waals surface area contributed by atoms with E-state index in [-0.39, 0.29) is 5.91 Å². The molecule has 0 radical (unpaired) electrons. The number of fused-ring (bicyclic) bond motifs is 1. The molecule has 3 rings (SSSR count). The van der Waals surface area contributed by atoms with Gasteiger partial charge in [-0.15, -0.1) is 0 Å². The maximum absolute atomic E-state index is 11.5. The summed E-state index contributed by atoms with van der Waals surface area (Å²) in [6.45, 7) is 2.90. The Morgan fingerprint density at radius 3 is 2.60 bits per heavy atom. The number of carbonyl (C=O) groups excluding carboxylic acids is 1. The first-order chi connectivity index (χ1) is 9.70. The van der Waals surface area contributed by atoms with Crippen LogP contribution in [0.5, 0.6) is 0 Å². The van der Waals surface area contributed by atoms with Gasteiger partial charge in [-0.25, -0.2) is 0 Å². The van der Waals surface area contributed by atoms with Crippen LogP contribution in [-0.4, -0.2) is 17.6 Å². The number of benzene rings is 2. The van der Waals surface area contributed by atoms with Gasteiger partial charge >= 0.3 is 0 Å². The van der Waals surface area contributed by atoms with Gasteiger partial charge < -0.3 is 15.3 Å². The summed E-state index contributed by atoms with van der Waals surface area (Å²) in [5.74, 6) is -0.361. The van der Waals surface area contributed by atoms with E-state index in [1.165, 1.54) is 0 Å². The van der Waals surface area contributed by atoms with Crippen LogP contribution in [0.2, 0.25) is 0 Å². The van der Waals surface area contributed by atoms with Crippen molar-refractivity contribution in [3.05, 3.63) is 54.1 Å². The molecule has 1 aliphatic heterocycles. The summed E-state index contributed by atoms with van der Waals surface area (Å²) < 4.78 is 0. The second-order valence-electron chi connectivity index (χ2n) is 4.74. The average molecular weight is 268 g/mol. The standard InChI is InChI=1S/C16H16N2O2/c1-2-18(11-6-4-3-5-7-11)12-8-9-13-14(10-12)17-16(20)15(13)19/h3-10,15,19H,2H2,1H3,(H,17,20). The molecule has 0 aromatic heterocycles. The van der Waals surface area contributed by atoms with Crippen LogP contribution < -0.4 is 10.2 Å². The minimum absolute atomic E-state index is 0.361. The lowest BCUT2D eigenvalue weighted by Crippen LogP contribution is -2.15. The number of anilines is 3. The number of rotatable bonds is 3. The molecule has 0 spiro atoms. The number of nitrogens with one attached hydrogen (secondary N) is 1. The van der Waals surface area contributed by atoms with Crippen molar-refractivity contribution in [2.45, 2.75) is 13.0 Å². The van der Waals surface area contributed by atoms with Crippen molar-refractivity contribution in [3.63, 3.8) is 0 Å². The highest BCUT2D eigenvalue weighted by Gasteiger charge is 2.28. The van der Waals surface area contributed by atoms with Gasteiger partial charge in [0.05, 0.1) is 0 Å². The van der Waals surface area contributed by atoms with Gasteiger partial charge in [-0.3, -0.25) is 4.79 Å². The quantitative estimate of drug-likeness (QED) is 0.900. The molecule has 2 aromatic rings.